The number of alkyl halides is 3. The third kappa shape index (κ3) is 5.57. The highest BCUT2D eigenvalue weighted by Gasteiger charge is 2.42. The first-order chi connectivity index (χ1) is 15.9. The molecule has 1 amide bonds. The Morgan fingerprint density at radius 2 is 1.79 bits per heavy atom. The minimum Gasteiger partial charge on any atom is -0.351 e. The Hall–Kier alpha value is -2.53. The number of halogens is 4. The van der Waals surface area contributed by atoms with Gasteiger partial charge in [0.25, 0.3) is 5.91 Å². The molecule has 0 radical (unpaired) electrons. The van der Waals surface area contributed by atoms with Gasteiger partial charge in [0.05, 0.1) is 16.9 Å². The van der Waals surface area contributed by atoms with E-state index in [0.717, 1.165) is 12.1 Å². The molecule has 2 aromatic rings. The van der Waals surface area contributed by atoms with Gasteiger partial charge in [-0.15, -0.1) is 0 Å². The Kier molecular flexibility index (Phi) is 7.66. The molecular weight excluding hydrogens is 474 g/mol. The normalized spacial score (nSPS) is 16.9. The molecule has 3 rings (SSSR count). The number of amides is 1. The molecule has 1 fully saturated rings. The number of nitrogens with one attached hydrogen (secondary N) is 1. The molecule has 0 aliphatic carbocycles. The van der Waals surface area contributed by atoms with Crippen LogP contribution >= 0.6 is 0 Å². The van der Waals surface area contributed by atoms with Crippen molar-refractivity contribution in [1.29, 1.82) is 0 Å². The van der Waals surface area contributed by atoms with E-state index in [1.54, 1.807) is 32.0 Å². The molecule has 186 valence electrons. The summed E-state index contributed by atoms with van der Waals surface area (Å²) in [5.74, 6) is -2.43. The van der Waals surface area contributed by atoms with Crippen molar-refractivity contribution in [2.24, 2.45) is 0 Å². The van der Waals surface area contributed by atoms with Crippen LogP contribution in [0, 0.1) is 12.7 Å². The fourth-order valence-corrected chi connectivity index (χ4v) is 5.78. The molecule has 1 aliphatic heterocycles. The number of hydrogen-bond donors (Lipinski definition) is 1. The number of nitrogens with zero attached hydrogens (tertiary/aromatic N) is 2. The van der Waals surface area contributed by atoms with E-state index in [2.05, 4.69) is 10.3 Å². The summed E-state index contributed by atoms with van der Waals surface area (Å²) in [5.41, 5.74) is -1.93. The van der Waals surface area contributed by atoms with E-state index in [9.17, 15) is 30.8 Å². The van der Waals surface area contributed by atoms with Gasteiger partial charge in [-0.05, 0) is 50.5 Å². The fraction of sp³-hybridized carbons (Fsp3) is 0.478. The number of aryl methyl sites for hydroxylation is 1. The van der Waals surface area contributed by atoms with Crippen molar-refractivity contribution in [2.75, 3.05) is 25.4 Å². The molecule has 0 bridgehead atoms. The van der Waals surface area contributed by atoms with Gasteiger partial charge < -0.3 is 5.32 Å². The average Bonchev–Trinajstić information content (AvgIpc) is 2.77. The monoisotopic (exact) mass is 501 g/mol. The Bertz CT molecular complexity index is 1140. The average molecular weight is 502 g/mol. The molecule has 34 heavy (non-hydrogen) atoms. The van der Waals surface area contributed by atoms with Gasteiger partial charge in [-0.2, -0.15) is 13.2 Å². The minimum absolute atomic E-state index is 0.0208. The van der Waals surface area contributed by atoms with Gasteiger partial charge in [0.15, 0.2) is 0 Å². The zero-order valence-electron chi connectivity index (χ0n) is 19.0. The Morgan fingerprint density at radius 1 is 1.15 bits per heavy atom. The fourth-order valence-electron chi connectivity index (χ4n) is 4.27. The van der Waals surface area contributed by atoms with E-state index >= 15 is 0 Å². The Labute approximate surface area is 196 Å². The molecule has 2 heterocycles. The molecule has 0 spiro atoms. The predicted molar refractivity (Wildman–Crippen MR) is 119 cm³/mol. The summed E-state index contributed by atoms with van der Waals surface area (Å²) in [7, 11) is -3.42. The molecule has 1 aliphatic rings. The predicted octanol–water partition coefficient (Wildman–Crippen LogP) is 4.05. The summed E-state index contributed by atoms with van der Waals surface area (Å²) in [5, 5.41) is 2.47. The zero-order chi connectivity index (χ0) is 25.1. The Morgan fingerprint density at radius 3 is 2.38 bits per heavy atom. The topological polar surface area (TPSA) is 79.4 Å². The second-order valence-corrected chi connectivity index (χ2v) is 10.6. The van der Waals surface area contributed by atoms with Crippen molar-refractivity contribution in [3.8, 4) is 0 Å². The van der Waals surface area contributed by atoms with E-state index in [1.807, 2.05) is 0 Å². The van der Waals surface area contributed by atoms with Crippen molar-refractivity contribution in [3.63, 3.8) is 0 Å². The van der Waals surface area contributed by atoms with Crippen molar-refractivity contribution >= 4 is 15.9 Å². The molecule has 1 N–H and O–H groups in total. The molecule has 6 nitrogen and oxygen atoms in total. The number of aromatic nitrogens is 1. The summed E-state index contributed by atoms with van der Waals surface area (Å²) in [4.78, 5) is 17.3. The van der Waals surface area contributed by atoms with Crippen LogP contribution in [-0.2, 0) is 21.6 Å². The highest BCUT2D eigenvalue weighted by molar-refractivity contribution is 7.89. The molecule has 11 heteroatoms. The number of carbonyl (C=O) groups excluding carboxylic acids is 1. The molecule has 0 saturated carbocycles. The number of benzene rings is 1. The van der Waals surface area contributed by atoms with E-state index in [-0.39, 0.29) is 25.4 Å². The first-order valence-electron chi connectivity index (χ1n) is 11.0. The lowest BCUT2D eigenvalue weighted by Gasteiger charge is -2.41. The summed E-state index contributed by atoms with van der Waals surface area (Å²) >= 11 is 0. The largest absolute Gasteiger partial charge is 0.417 e. The van der Waals surface area contributed by atoms with Crippen LogP contribution in [0.2, 0.25) is 0 Å². The summed E-state index contributed by atoms with van der Waals surface area (Å²) in [6.45, 7) is 3.81. The summed E-state index contributed by atoms with van der Waals surface area (Å²) in [6.07, 6.45) is -3.82. The van der Waals surface area contributed by atoms with Crippen molar-refractivity contribution in [1.82, 2.24) is 14.6 Å². The van der Waals surface area contributed by atoms with E-state index < -0.39 is 44.5 Å². The molecule has 1 saturated heterocycles. The van der Waals surface area contributed by atoms with Crippen molar-refractivity contribution < 1.29 is 30.8 Å². The lowest BCUT2D eigenvalue weighted by atomic mass is 9.75. The van der Waals surface area contributed by atoms with Crippen LogP contribution < -0.4 is 5.32 Å². The number of rotatable bonds is 7. The maximum atomic E-state index is 14.3. The lowest BCUT2D eigenvalue weighted by Crippen LogP contribution is -2.51. The first kappa shape index (κ1) is 26.1. The van der Waals surface area contributed by atoms with Crippen LogP contribution in [0.1, 0.15) is 53.5 Å². The number of sulfonamides is 1. The third-order valence-electron chi connectivity index (χ3n) is 6.10. The maximum Gasteiger partial charge on any atom is 0.417 e. The molecule has 1 aromatic carbocycles. The van der Waals surface area contributed by atoms with Crippen molar-refractivity contribution in [3.05, 3.63) is 64.7 Å². The number of carbonyl (C=O) groups is 1. The minimum atomic E-state index is -4.90. The molecular formula is C23H27F4N3O3S. The lowest BCUT2D eigenvalue weighted by molar-refractivity contribution is -0.138. The second kappa shape index (κ2) is 9.99. The van der Waals surface area contributed by atoms with Crippen LogP contribution in [0.25, 0.3) is 0 Å². The summed E-state index contributed by atoms with van der Waals surface area (Å²) < 4.78 is 80.8. The maximum absolute atomic E-state index is 14.3. The van der Waals surface area contributed by atoms with Crippen molar-refractivity contribution in [2.45, 2.75) is 44.7 Å². The van der Waals surface area contributed by atoms with Gasteiger partial charge in [0.2, 0.25) is 10.0 Å². The summed E-state index contributed by atoms with van der Waals surface area (Å²) in [6, 6.07) is 7.68. The van der Waals surface area contributed by atoms with Crippen LogP contribution in [0.3, 0.4) is 0 Å². The van der Waals surface area contributed by atoms with Gasteiger partial charge in [-0.25, -0.2) is 17.1 Å². The zero-order valence-corrected chi connectivity index (χ0v) is 19.8. The molecule has 1 aromatic heterocycles. The van der Waals surface area contributed by atoms with E-state index in [0.29, 0.717) is 36.7 Å². The first-order valence-corrected chi connectivity index (χ1v) is 12.6. The number of pyridine rings is 1. The van der Waals surface area contributed by atoms with Crippen LogP contribution in [-0.4, -0.2) is 49.0 Å². The second-order valence-electron chi connectivity index (χ2n) is 8.50. The van der Waals surface area contributed by atoms with Gasteiger partial charge in [0, 0.05) is 36.4 Å². The third-order valence-corrected chi connectivity index (χ3v) is 8.18. The molecule has 0 unspecified atom stereocenters. The number of piperidine rings is 1. The quantitative estimate of drug-likeness (QED) is 0.581. The highest BCUT2D eigenvalue weighted by atomic mass is 32.2. The van der Waals surface area contributed by atoms with Gasteiger partial charge in [-0.3, -0.25) is 9.78 Å². The van der Waals surface area contributed by atoms with Crippen LogP contribution in [0.5, 0.6) is 0 Å². The SMILES string of the molecule is CCCS(=O)(=O)N1CCC(CNC(=O)c2c(F)cccc2C(F)(F)F)(c2cccc(C)n2)CC1. The highest BCUT2D eigenvalue weighted by Crippen LogP contribution is 2.36. The smallest absolute Gasteiger partial charge is 0.351 e. The van der Waals surface area contributed by atoms with Gasteiger partial charge in [-0.1, -0.05) is 19.1 Å². The molecule has 0 atom stereocenters. The Balaban J connectivity index is 1.89. The van der Waals surface area contributed by atoms with Crippen LogP contribution in [0.15, 0.2) is 36.4 Å². The van der Waals surface area contributed by atoms with Crippen LogP contribution in [0.4, 0.5) is 17.6 Å². The number of hydrogen-bond acceptors (Lipinski definition) is 4. The van der Waals surface area contributed by atoms with Gasteiger partial charge in [0.1, 0.15) is 5.82 Å². The van der Waals surface area contributed by atoms with E-state index in [1.165, 1.54) is 4.31 Å². The van der Waals surface area contributed by atoms with Gasteiger partial charge >= 0.3 is 6.18 Å². The standard InChI is InChI=1S/C23H27F4N3O3S/c1-3-14-34(32,33)30-12-10-22(11-13-30,19-9-4-6-16(2)29-19)15-28-21(31)20-17(23(25,26)27)7-5-8-18(20)24/h4-9H,3,10-15H2,1-2H3,(H,28,31). The van der Waals surface area contributed by atoms with E-state index in [4.69, 9.17) is 0 Å².